The van der Waals surface area contributed by atoms with Crippen molar-refractivity contribution in [3.63, 3.8) is 0 Å². The number of hydrogen-bond donors (Lipinski definition) is 1. The van der Waals surface area contributed by atoms with Crippen LogP contribution in [0.4, 0.5) is 0 Å². The van der Waals surface area contributed by atoms with Gasteiger partial charge in [-0.2, -0.15) is 5.26 Å². The summed E-state index contributed by atoms with van der Waals surface area (Å²) in [7, 11) is 0. The fourth-order valence-electron chi connectivity index (χ4n) is 3.81. The summed E-state index contributed by atoms with van der Waals surface area (Å²) in [5, 5.41) is 12.6. The molecule has 1 aliphatic carbocycles. The number of nitriles is 1. The molecule has 25 heavy (non-hydrogen) atoms. The van der Waals surface area contributed by atoms with Crippen LogP contribution < -0.4 is 5.32 Å². The minimum atomic E-state index is -0.792. The zero-order valence-corrected chi connectivity index (χ0v) is 15.1. The molecule has 1 aliphatic heterocycles. The number of amides is 1. The molecule has 3 rings (SSSR count). The summed E-state index contributed by atoms with van der Waals surface area (Å²) < 4.78 is 11.4. The van der Waals surface area contributed by atoms with Gasteiger partial charge in [0.15, 0.2) is 5.79 Å². The highest BCUT2D eigenvalue weighted by molar-refractivity contribution is 5.77. The van der Waals surface area contributed by atoms with E-state index in [9.17, 15) is 10.1 Å². The normalized spacial score (nSPS) is 21.0. The van der Waals surface area contributed by atoms with Gasteiger partial charge in [-0.25, -0.2) is 0 Å². The average molecular weight is 342 g/mol. The second kappa shape index (κ2) is 7.15. The van der Waals surface area contributed by atoms with Crippen molar-refractivity contribution in [2.75, 3.05) is 13.2 Å². The first kappa shape index (κ1) is 17.9. The molecule has 1 saturated carbocycles. The van der Waals surface area contributed by atoms with Crippen molar-refractivity contribution >= 4 is 5.91 Å². The smallest absolute Gasteiger partial charge is 0.221 e. The van der Waals surface area contributed by atoms with E-state index < -0.39 is 11.3 Å². The number of nitrogens with zero attached hydrogens (tertiary/aromatic N) is 1. The lowest BCUT2D eigenvalue weighted by atomic mass is 9.79. The Morgan fingerprint density at radius 2 is 1.88 bits per heavy atom. The van der Waals surface area contributed by atoms with Crippen LogP contribution in [-0.4, -0.2) is 30.4 Å². The van der Waals surface area contributed by atoms with Crippen molar-refractivity contribution in [1.82, 2.24) is 5.32 Å². The Labute approximate surface area is 149 Å². The van der Waals surface area contributed by atoms with Crippen molar-refractivity contribution in [2.24, 2.45) is 0 Å². The highest BCUT2D eigenvalue weighted by atomic mass is 16.7. The van der Waals surface area contributed by atoms with Crippen LogP contribution in [0.3, 0.4) is 0 Å². The lowest BCUT2D eigenvalue weighted by Crippen LogP contribution is -2.53. The summed E-state index contributed by atoms with van der Waals surface area (Å²) in [4.78, 5) is 12.4. The molecule has 5 nitrogen and oxygen atoms in total. The molecule has 0 bridgehead atoms. The van der Waals surface area contributed by atoms with Crippen LogP contribution in [0.2, 0.25) is 0 Å². The Morgan fingerprint density at radius 1 is 1.20 bits per heavy atom. The lowest BCUT2D eigenvalue weighted by molar-refractivity contribution is -0.183. The minimum Gasteiger partial charge on any atom is -0.348 e. The molecule has 0 atom stereocenters. The molecule has 1 aromatic carbocycles. The van der Waals surface area contributed by atoms with E-state index in [0.717, 1.165) is 0 Å². The molecular formula is C20H26N2O3. The molecule has 2 fully saturated rings. The quantitative estimate of drug-likeness (QED) is 0.913. The first-order valence-corrected chi connectivity index (χ1v) is 9.02. The highest BCUT2D eigenvalue weighted by Crippen LogP contribution is 2.40. The van der Waals surface area contributed by atoms with Gasteiger partial charge in [0, 0.05) is 19.3 Å². The van der Waals surface area contributed by atoms with E-state index in [1.165, 1.54) is 16.7 Å². The van der Waals surface area contributed by atoms with Gasteiger partial charge in [-0.3, -0.25) is 4.79 Å². The number of aryl methyl sites for hydroxylation is 3. The third-order valence-corrected chi connectivity index (χ3v) is 5.39. The van der Waals surface area contributed by atoms with E-state index in [1.54, 1.807) is 0 Å². The first-order valence-electron chi connectivity index (χ1n) is 9.02. The van der Waals surface area contributed by atoms with Crippen LogP contribution in [0.5, 0.6) is 0 Å². The van der Waals surface area contributed by atoms with E-state index >= 15 is 0 Å². The van der Waals surface area contributed by atoms with Crippen molar-refractivity contribution in [2.45, 2.75) is 63.7 Å². The Balaban J connectivity index is 1.55. The maximum absolute atomic E-state index is 12.4. The van der Waals surface area contributed by atoms with Crippen LogP contribution in [0.1, 0.15) is 48.8 Å². The summed E-state index contributed by atoms with van der Waals surface area (Å²) in [6.07, 6.45) is 3.52. The minimum absolute atomic E-state index is 0.0641. The van der Waals surface area contributed by atoms with E-state index in [2.05, 4.69) is 43.4 Å². The van der Waals surface area contributed by atoms with Crippen LogP contribution in [-0.2, 0) is 20.7 Å². The zero-order chi connectivity index (χ0) is 17.9. The number of carbonyl (C=O) groups excluding carboxylic acids is 1. The number of rotatable bonds is 4. The molecule has 1 saturated heterocycles. The number of benzene rings is 1. The van der Waals surface area contributed by atoms with Crippen molar-refractivity contribution in [3.8, 4) is 6.07 Å². The topological polar surface area (TPSA) is 71.4 Å². The monoisotopic (exact) mass is 342 g/mol. The van der Waals surface area contributed by atoms with Gasteiger partial charge in [0.2, 0.25) is 5.91 Å². The molecule has 5 heteroatoms. The molecule has 2 aliphatic rings. The Bertz CT molecular complexity index is 677. The molecular weight excluding hydrogens is 316 g/mol. The summed E-state index contributed by atoms with van der Waals surface area (Å²) in [5.74, 6) is -0.588. The van der Waals surface area contributed by atoms with E-state index in [1.807, 2.05) is 0 Å². The van der Waals surface area contributed by atoms with Gasteiger partial charge in [0.25, 0.3) is 0 Å². The third kappa shape index (κ3) is 4.02. The molecule has 1 N–H and O–H groups in total. The molecule has 0 radical (unpaired) electrons. The van der Waals surface area contributed by atoms with Crippen LogP contribution in [0.15, 0.2) is 18.2 Å². The second-order valence-corrected chi connectivity index (χ2v) is 7.28. The molecule has 1 heterocycles. The van der Waals surface area contributed by atoms with Crippen LogP contribution in [0, 0.1) is 25.2 Å². The van der Waals surface area contributed by atoms with Gasteiger partial charge < -0.3 is 14.8 Å². The predicted molar refractivity (Wildman–Crippen MR) is 93.8 cm³/mol. The summed E-state index contributed by atoms with van der Waals surface area (Å²) in [6.45, 7) is 5.36. The zero-order valence-electron chi connectivity index (χ0n) is 15.1. The fourth-order valence-corrected chi connectivity index (χ4v) is 3.81. The predicted octanol–water partition coefficient (Wildman–Crippen LogP) is 2.93. The maximum atomic E-state index is 12.4. The van der Waals surface area contributed by atoms with Crippen molar-refractivity contribution in [3.05, 3.63) is 34.9 Å². The fraction of sp³-hybridized carbons (Fsp3) is 0.600. The SMILES string of the molecule is Cc1ccc(CCC(=O)NC2(C#N)CCC3(CC2)OCCO3)c(C)c1. The Kier molecular flexibility index (Phi) is 5.12. The number of nitrogens with one attached hydrogen (secondary N) is 1. The standard InChI is InChI=1S/C20H26N2O3/c1-15-3-4-17(16(2)13-15)5-6-18(23)22-19(14-21)7-9-20(10-8-19)24-11-12-25-20/h3-4,13H,5-12H2,1-2H3,(H,22,23). The highest BCUT2D eigenvalue weighted by Gasteiger charge is 2.47. The Hall–Kier alpha value is -1.90. The van der Waals surface area contributed by atoms with Gasteiger partial charge in [-0.15, -0.1) is 0 Å². The molecule has 1 aromatic rings. The number of hydrogen-bond acceptors (Lipinski definition) is 4. The number of carbonyl (C=O) groups is 1. The molecule has 1 spiro atoms. The van der Waals surface area contributed by atoms with Gasteiger partial charge in [0.05, 0.1) is 19.3 Å². The van der Waals surface area contributed by atoms with Gasteiger partial charge in [-0.1, -0.05) is 23.8 Å². The van der Waals surface area contributed by atoms with Crippen LogP contribution in [0.25, 0.3) is 0 Å². The Morgan fingerprint density at radius 3 is 2.48 bits per heavy atom. The van der Waals surface area contributed by atoms with Gasteiger partial charge >= 0.3 is 0 Å². The lowest BCUT2D eigenvalue weighted by Gasteiger charge is -2.40. The van der Waals surface area contributed by atoms with Crippen LogP contribution >= 0.6 is 0 Å². The largest absolute Gasteiger partial charge is 0.348 e. The summed E-state index contributed by atoms with van der Waals surface area (Å²) in [6, 6.07) is 8.61. The van der Waals surface area contributed by atoms with Crippen molar-refractivity contribution in [1.29, 1.82) is 5.26 Å². The molecule has 0 aromatic heterocycles. The molecule has 0 unspecified atom stereocenters. The summed E-state index contributed by atoms with van der Waals surface area (Å²) >= 11 is 0. The molecule has 1 amide bonds. The molecule has 134 valence electrons. The third-order valence-electron chi connectivity index (χ3n) is 5.39. The van der Waals surface area contributed by atoms with E-state index in [4.69, 9.17) is 9.47 Å². The average Bonchev–Trinajstić information content (AvgIpc) is 3.05. The van der Waals surface area contributed by atoms with E-state index in [-0.39, 0.29) is 5.91 Å². The maximum Gasteiger partial charge on any atom is 0.221 e. The van der Waals surface area contributed by atoms with Gasteiger partial charge in [0.1, 0.15) is 5.54 Å². The van der Waals surface area contributed by atoms with E-state index in [0.29, 0.717) is 51.7 Å². The second-order valence-electron chi connectivity index (χ2n) is 7.28. The summed E-state index contributed by atoms with van der Waals surface area (Å²) in [5.41, 5.74) is 2.82. The van der Waals surface area contributed by atoms with Crippen molar-refractivity contribution < 1.29 is 14.3 Å². The first-order chi connectivity index (χ1) is 12.0. The van der Waals surface area contributed by atoms with Gasteiger partial charge in [-0.05, 0) is 44.2 Å². The number of ether oxygens (including phenoxy) is 2.